The highest BCUT2D eigenvalue weighted by Crippen LogP contribution is 2.43. The maximum Gasteiger partial charge on any atom is 0.130 e. The first-order valence-corrected chi connectivity index (χ1v) is 11.9. The molecule has 2 heterocycles. The predicted molar refractivity (Wildman–Crippen MR) is 133 cm³/mol. The number of nitrogens with zero attached hydrogens (tertiary/aromatic N) is 1. The molecular formula is C29H31NO3. The minimum atomic E-state index is 0.128. The number of aromatic hydroxyl groups is 1. The fraction of sp³-hybridized carbons (Fsp3) is 0.310. The van der Waals surface area contributed by atoms with Gasteiger partial charge in [-0.25, -0.2) is 0 Å². The molecule has 0 saturated carbocycles. The van der Waals surface area contributed by atoms with Gasteiger partial charge in [0.15, 0.2) is 0 Å². The van der Waals surface area contributed by atoms with Crippen LogP contribution in [0, 0.1) is 0 Å². The summed E-state index contributed by atoms with van der Waals surface area (Å²) in [7, 11) is 0. The number of benzene rings is 3. The number of ether oxygens (including phenoxy) is 2. The summed E-state index contributed by atoms with van der Waals surface area (Å²) in [5, 5.41) is 9.92. The van der Waals surface area contributed by atoms with Crippen molar-refractivity contribution in [3.63, 3.8) is 0 Å². The van der Waals surface area contributed by atoms with Crippen molar-refractivity contribution >= 4 is 11.6 Å². The Morgan fingerprint density at radius 1 is 0.939 bits per heavy atom. The van der Waals surface area contributed by atoms with Crippen molar-refractivity contribution in [2.24, 2.45) is 0 Å². The highest BCUT2D eigenvalue weighted by molar-refractivity contribution is 5.88. The summed E-state index contributed by atoms with van der Waals surface area (Å²) in [4.78, 5) is 2.49. The Labute approximate surface area is 196 Å². The number of hydrogen-bond donors (Lipinski definition) is 1. The van der Waals surface area contributed by atoms with E-state index in [0.717, 1.165) is 35.8 Å². The summed E-state index contributed by atoms with van der Waals surface area (Å²) in [5.74, 6) is 1.98. The monoisotopic (exact) mass is 441 g/mol. The van der Waals surface area contributed by atoms with Gasteiger partial charge >= 0.3 is 0 Å². The van der Waals surface area contributed by atoms with Gasteiger partial charge in [-0.15, -0.1) is 0 Å². The van der Waals surface area contributed by atoms with Crippen LogP contribution in [0.5, 0.6) is 17.2 Å². The first kappa shape index (κ1) is 21.6. The van der Waals surface area contributed by atoms with Crippen LogP contribution in [0.4, 0.5) is 0 Å². The van der Waals surface area contributed by atoms with E-state index in [1.54, 1.807) is 12.1 Å². The van der Waals surface area contributed by atoms with E-state index in [2.05, 4.69) is 59.5 Å². The van der Waals surface area contributed by atoms with E-state index in [1.807, 2.05) is 12.1 Å². The molecule has 4 nitrogen and oxygen atoms in total. The standard InChI is InChI=1S/C29H31NO3/c31-24-11-14-26-27(28(21-33-29(26)20-24)23-7-3-1-4-8-23)19-22-9-12-25(13-10-22)32-18-17-30-15-5-2-6-16-30/h1,3-4,7-14,19-20,28,31H,2,5-6,15-18,21H2. The van der Waals surface area contributed by atoms with Crippen LogP contribution in [0.15, 0.2) is 72.8 Å². The lowest BCUT2D eigenvalue weighted by molar-refractivity contribution is 0.183. The van der Waals surface area contributed by atoms with Crippen molar-refractivity contribution < 1.29 is 14.6 Å². The van der Waals surface area contributed by atoms with Crippen molar-refractivity contribution in [2.45, 2.75) is 25.2 Å². The van der Waals surface area contributed by atoms with Crippen molar-refractivity contribution in [3.05, 3.63) is 89.5 Å². The summed E-state index contributed by atoms with van der Waals surface area (Å²) in [6, 6.07) is 24.2. The molecule has 1 unspecified atom stereocenters. The third-order valence-electron chi connectivity index (χ3n) is 6.59. The molecule has 2 aliphatic rings. The second kappa shape index (κ2) is 10.1. The molecule has 33 heavy (non-hydrogen) atoms. The molecule has 1 saturated heterocycles. The molecule has 0 bridgehead atoms. The zero-order chi connectivity index (χ0) is 22.5. The topological polar surface area (TPSA) is 41.9 Å². The van der Waals surface area contributed by atoms with Crippen LogP contribution in [-0.4, -0.2) is 42.9 Å². The van der Waals surface area contributed by atoms with Crippen LogP contribution in [0.2, 0.25) is 0 Å². The first-order valence-electron chi connectivity index (χ1n) is 11.9. The quantitative estimate of drug-likeness (QED) is 0.511. The van der Waals surface area contributed by atoms with E-state index in [9.17, 15) is 5.11 Å². The van der Waals surface area contributed by atoms with Gasteiger partial charge < -0.3 is 14.6 Å². The van der Waals surface area contributed by atoms with Crippen molar-refractivity contribution in [2.75, 3.05) is 32.8 Å². The predicted octanol–water partition coefficient (Wildman–Crippen LogP) is 5.97. The number of likely N-dealkylation sites (tertiary alicyclic amines) is 1. The number of hydrogen-bond acceptors (Lipinski definition) is 4. The van der Waals surface area contributed by atoms with Gasteiger partial charge in [0.1, 0.15) is 23.9 Å². The average molecular weight is 442 g/mol. The molecular weight excluding hydrogens is 410 g/mol. The number of phenolic OH excluding ortho intramolecular Hbond substituents is 1. The van der Waals surface area contributed by atoms with Crippen LogP contribution in [0.25, 0.3) is 11.6 Å². The van der Waals surface area contributed by atoms with Gasteiger partial charge in [-0.2, -0.15) is 0 Å². The smallest absolute Gasteiger partial charge is 0.130 e. The lowest BCUT2D eigenvalue weighted by Crippen LogP contribution is -2.33. The van der Waals surface area contributed by atoms with Gasteiger partial charge in [-0.3, -0.25) is 4.90 Å². The largest absolute Gasteiger partial charge is 0.508 e. The molecule has 0 amide bonds. The molecule has 5 rings (SSSR count). The molecule has 3 aromatic carbocycles. The highest BCUT2D eigenvalue weighted by Gasteiger charge is 2.27. The Bertz CT molecular complexity index is 1090. The van der Waals surface area contributed by atoms with E-state index in [0.29, 0.717) is 6.61 Å². The average Bonchev–Trinajstić information content (AvgIpc) is 2.86. The second-order valence-electron chi connectivity index (χ2n) is 8.87. The Morgan fingerprint density at radius 2 is 1.73 bits per heavy atom. The van der Waals surface area contributed by atoms with E-state index >= 15 is 0 Å². The second-order valence-corrected chi connectivity index (χ2v) is 8.87. The lowest BCUT2D eigenvalue weighted by Gasteiger charge is -2.29. The Hall–Kier alpha value is -3.24. The molecule has 1 N–H and O–H groups in total. The van der Waals surface area contributed by atoms with Crippen LogP contribution >= 0.6 is 0 Å². The number of rotatable bonds is 6. The minimum absolute atomic E-state index is 0.128. The SMILES string of the molecule is Oc1ccc2c(c1)OCC(c1ccccc1)C2=Cc1ccc(OCCN2CCCCC2)cc1. The Kier molecular flexibility index (Phi) is 6.63. The summed E-state index contributed by atoms with van der Waals surface area (Å²) < 4.78 is 12.0. The Balaban J connectivity index is 1.35. The van der Waals surface area contributed by atoms with E-state index in [4.69, 9.17) is 9.47 Å². The molecule has 170 valence electrons. The minimum Gasteiger partial charge on any atom is -0.508 e. The summed E-state index contributed by atoms with van der Waals surface area (Å²) in [6.07, 6.45) is 6.20. The first-order chi connectivity index (χ1) is 16.3. The van der Waals surface area contributed by atoms with Crippen LogP contribution in [0.3, 0.4) is 0 Å². The molecule has 0 radical (unpaired) electrons. The fourth-order valence-electron chi connectivity index (χ4n) is 4.77. The van der Waals surface area contributed by atoms with Gasteiger partial charge in [0.2, 0.25) is 0 Å². The molecule has 0 aliphatic carbocycles. The number of piperidine rings is 1. The third kappa shape index (κ3) is 5.23. The number of phenols is 1. The third-order valence-corrected chi connectivity index (χ3v) is 6.59. The van der Waals surface area contributed by atoms with Crippen molar-refractivity contribution in [1.29, 1.82) is 0 Å². The summed E-state index contributed by atoms with van der Waals surface area (Å²) in [5.41, 5.74) is 4.56. The molecule has 1 atom stereocenters. The molecule has 0 aromatic heterocycles. The number of fused-ring (bicyclic) bond motifs is 1. The molecule has 3 aromatic rings. The normalized spacial score (nSPS) is 19.6. The van der Waals surface area contributed by atoms with Gasteiger partial charge in [0.05, 0.1) is 6.61 Å². The zero-order valence-electron chi connectivity index (χ0n) is 19.0. The van der Waals surface area contributed by atoms with Gasteiger partial charge in [0.25, 0.3) is 0 Å². The zero-order valence-corrected chi connectivity index (χ0v) is 19.0. The van der Waals surface area contributed by atoms with Crippen LogP contribution in [0.1, 0.15) is 41.9 Å². The maximum atomic E-state index is 9.92. The van der Waals surface area contributed by atoms with Crippen LogP contribution < -0.4 is 9.47 Å². The molecule has 1 fully saturated rings. The highest BCUT2D eigenvalue weighted by atomic mass is 16.5. The van der Waals surface area contributed by atoms with Crippen molar-refractivity contribution in [3.8, 4) is 17.2 Å². The van der Waals surface area contributed by atoms with Gasteiger partial charge in [-0.1, -0.05) is 55.0 Å². The van der Waals surface area contributed by atoms with Gasteiger partial charge in [-0.05, 0) is 66.9 Å². The molecule has 4 heteroatoms. The van der Waals surface area contributed by atoms with E-state index < -0.39 is 0 Å². The Morgan fingerprint density at radius 3 is 2.52 bits per heavy atom. The maximum absolute atomic E-state index is 9.92. The van der Waals surface area contributed by atoms with E-state index in [1.165, 1.54) is 43.5 Å². The van der Waals surface area contributed by atoms with Crippen LogP contribution in [-0.2, 0) is 0 Å². The van der Waals surface area contributed by atoms with Gasteiger partial charge in [0, 0.05) is 24.1 Å². The fourth-order valence-corrected chi connectivity index (χ4v) is 4.77. The van der Waals surface area contributed by atoms with Crippen molar-refractivity contribution in [1.82, 2.24) is 4.90 Å². The summed E-state index contributed by atoms with van der Waals surface area (Å²) in [6.45, 7) is 4.66. The molecule has 2 aliphatic heterocycles. The van der Waals surface area contributed by atoms with E-state index in [-0.39, 0.29) is 11.7 Å². The summed E-state index contributed by atoms with van der Waals surface area (Å²) >= 11 is 0. The molecule has 0 spiro atoms. The lowest BCUT2D eigenvalue weighted by atomic mass is 9.84.